The third-order valence-electron chi connectivity index (χ3n) is 3.37. The third kappa shape index (κ3) is 3.44. The van der Waals surface area contributed by atoms with E-state index in [0.29, 0.717) is 12.5 Å². The molecular formula is C15H20N4O. The highest BCUT2D eigenvalue weighted by Gasteiger charge is 2.18. The molecule has 0 aliphatic heterocycles. The quantitative estimate of drug-likeness (QED) is 0.906. The molecule has 2 rings (SSSR count). The number of carbonyl (C=O) groups is 1. The van der Waals surface area contributed by atoms with Crippen LogP contribution in [0.5, 0.6) is 0 Å². The van der Waals surface area contributed by atoms with Gasteiger partial charge in [0.15, 0.2) is 0 Å². The second-order valence-corrected chi connectivity index (χ2v) is 5.26. The van der Waals surface area contributed by atoms with Crippen molar-refractivity contribution in [2.24, 2.45) is 5.92 Å². The Morgan fingerprint density at radius 1 is 1.35 bits per heavy atom. The van der Waals surface area contributed by atoms with Crippen LogP contribution >= 0.6 is 0 Å². The van der Waals surface area contributed by atoms with E-state index in [-0.39, 0.29) is 11.9 Å². The van der Waals surface area contributed by atoms with Gasteiger partial charge in [-0.3, -0.25) is 9.48 Å². The van der Waals surface area contributed by atoms with Gasteiger partial charge in [0.25, 0.3) is 5.91 Å². The molecule has 0 aliphatic rings. The predicted molar refractivity (Wildman–Crippen MR) is 77.3 cm³/mol. The first-order chi connectivity index (χ1) is 9.58. The van der Waals surface area contributed by atoms with Crippen molar-refractivity contribution in [3.05, 3.63) is 47.8 Å². The topological polar surface area (TPSA) is 59.8 Å². The number of rotatable bonds is 5. The van der Waals surface area contributed by atoms with Crippen LogP contribution in [0.3, 0.4) is 0 Å². The fourth-order valence-electron chi connectivity index (χ4n) is 2.03. The SMILES string of the molecule is Cc1ccccc1C(=O)N[C@H](Cn1ccnn1)C(C)C. The average molecular weight is 272 g/mol. The van der Waals surface area contributed by atoms with Gasteiger partial charge in [-0.15, -0.1) is 5.10 Å². The molecule has 1 atom stereocenters. The second-order valence-electron chi connectivity index (χ2n) is 5.26. The van der Waals surface area contributed by atoms with Gasteiger partial charge in [-0.1, -0.05) is 37.3 Å². The maximum Gasteiger partial charge on any atom is 0.251 e. The molecule has 0 fully saturated rings. The van der Waals surface area contributed by atoms with Crippen LogP contribution in [-0.2, 0) is 6.54 Å². The zero-order valence-electron chi connectivity index (χ0n) is 12.1. The number of hydrogen-bond donors (Lipinski definition) is 1. The van der Waals surface area contributed by atoms with E-state index in [1.807, 2.05) is 31.2 Å². The molecule has 1 heterocycles. The highest BCUT2D eigenvalue weighted by atomic mass is 16.1. The Labute approximate surface area is 119 Å². The lowest BCUT2D eigenvalue weighted by molar-refractivity contribution is 0.0918. The predicted octanol–water partition coefficient (Wildman–Crippen LogP) is 2.04. The first-order valence-corrected chi connectivity index (χ1v) is 6.78. The maximum atomic E-state index is 12.4. The van der Waals surface area contributed by atoms with Gasteiger partial charge in [-0.2, -0.15) is 0 Å². The summed E-state index contributed by atoms with van der Waals surface area (Å²) in [6.07, 6.45) is 3.44. The molecule has 1 aromatic heterocycles. The summed E-state index contributed by atoms with van der Waals surface area (Å²) < 4.78 is 1.74. The molecule has 1 aromatic carbocycles. The summed E-state index contributed by atoms with van der Waals surface area (Å²) in [5.41, 5.74) is 1.70. The number of amides is 1. The fourth-order valence-corrected chi connectivity index (χ4v) is 2.03. The van der Waals surface area contributed by atoms with Gasteiger partial charge in [0.05, 0.1) is 18.8 Å². The molecule has 0 bridgehead atoms. The number of carbonyl (C=O) groups excluding carboxylic acids is 1. The van der Waals surface area contributed by atoms with Gasteiger partial charge in [0, 0.05) is 11.8 Å². The Morgan fingerprint density at radius 3 is 2.70 bits per heavy atom. The Bertz CT molecular complexity index is 563. The summed E-state index contributed by atoms with van der Waals surface area (Å²) in [7, 11) is 0. The Balaban J connectivity index is 2.08. The van der Waals surface area contributed by atoms with Crippen LogP contribution in [0.4, 0.5) is 0 Å². The van der Waals surface area contributed by atoms with Crippen molar-refractivity contribution in [1.29, 1.82) is 0 Å². The van der Waals surface area contributed by atoms with Gasteiger partial charge in [0.2, 0.25) is 0 Å². The molecule has 0 unspecified atom stereocenters. The number of aryl methyl sites for hydroxylation is 1. The molecular weight excluding hydrogens is 252 g/mol. The molecule has 0 saturated carbocycles. The zero-order chi connectivity index (χ0) is 14.5. The van der Waals surface area contributed by atoms with Crippen LogP contribution in [0, 0.1) is 12.8 Å². The molecule has 106 valence electrons. The van der Waals surface area contributed by atoms with Gasteiger partial charge in [-0.05, 0) is 24.5 Å². The van der Waals surface area contributed by atoms with Crippen molar-refractivity contribution in [3.63, 3.8) is 0 Å². The van der Waals surface area contributed by atoms with E-state index >= 15 is 0 Å². The summed E-state index contributed by atoms with van der Waals surface area (Å²) in [4.78, 5) is 12.4. The van der Waals surface area contributed by atoms with Gasteiger partial charge < -0.3 is 5.32 Å². The van der Waals surface area contributed by atoms with E-state index < -0.39 is 0 Å². The van der Waals surface area contributed by atoms with E-state index in [1.165, 1.54) is 0 Å². The Hall–Kier alpha value is -2.17. The van der Waals surface area contributed by atoms with Crippen molar-refractivity contribution >= 4 is 5.91 Å². The van der Waals surface area contributed by atoms with Crippen molar-refractivity contribution in [3.8, 4) is 0 Å². The molecule has 1 amide bonds. The normalized spacial score (nSPS) is 12.4. The maximum absolute atomic E-state index is 12.4. The van der Waals surface area contributed by atoms with Gasteiger partial charge in [0.1, 0.15) is 0 Å². The van der Waals surface area contributed by atoms with Crippen LogP contribution in [0.1, 0.15) is 29.8 Å². The minimum Gasteiger partial charge on any atom is -0.347 e. The van der Waals surface area contributed by atoms with Crippen molar-refractivity contribution in [2.45, 2.75) is 33.4 Å². The van der Waals surface area contributed by atoms with Gasteiger partial charge >= 0.3 is 0 Å². The number of nitrogens with zero attached hydrogens (tertiary/aromatic N) is 3. The fraction of sp³-hybridized carbons (Fsp3) is 0.400. The van der Waals surface area contributed by atoms with E-state index in [9.17, 15) is 4.79 Å². The smallest absolute Gasteiger partial charge is 0.251 e. The molecule has 0 aliphatic carbocycles. The van der Waals surface area contributed by atoms with E-state index in [1.54, 1.807) is 17.1 Å². The molecule has 0 saturated heterocycles. The first-order valence-electron chi connectivity index (χ1n) is 6.78. The van der Waals surface area contributed by atoms with Crippen LogP contribution in [0.15, 0.2) is 36.7 Å². The third-order valence-corrected chi connectivity index (χ3v) is 3.37. The molecule has 1 N–H and O–H groups in total. The van der Waals surface area contributed by atoms with Crippen LogP contribution in [0.2, 0.25) is 0 Å². The lowest BCUT2D eigenvalue weighted by Gasteiger charge is -2.22. The van der Waals surface area contributed by atoms with Crippen molar-refractivity contribution < 1.29 is 4.79 Å². The number of nitrogens with one attached hydrogen (secondary N) is 1. The molecule has 0 radical (unpaired) electrons. The van der Waals surface area contributed by atoms with E-state index in [2.05, 4.69) is 29.5 Å². The van der Waals surface area contributed by atoms with Crippen molar-refractivity contribution in [2.75, 3.05) is 0 Å². The highest BCUT2D eigenvalue weighted by Crippen LogP contribution is 2.10. The molecule has 5 nitrogen and oxygen atoms in total. The Kier molecular flexibility index (Phi) is 4.50. The summed E-state index contributed by atoms with van der Waals surface area (Å²) in [6, 6.07) is 7.61. The number of hydrogen-bond acceptors (Lipinski definition) is 3. The van der Waals surface area contributed by atoms with Crippen molar-refractivity contribution in [1.82, 2.24) is 20.3 Å². The van der Waals surface area contributed by atoms with Crippen LogP contribution < -0.4 is 5.32 Å². The summed E-state index contributed by atoms with van der Waals surface area (Å²) in [5.74, 6) is 0.272. The zero-order valence-corrected chi connectivity index (χ0v) is 12.1. The molecule has 5 heteroatoms. The second kappa shape index (κ2) is 6.32. The number of aromatic nitrogens is 3. The first kappa shape index (κ1) is 14.2. The monoisotopic (exact) mass is 272 g/mol. The van der Waals surface area contributed by atoms with Crippen LogP contribution in [-0.4, -0.2) is 26.9 Å². The molecule has 2 aromatic rings. The summed E-state index contributed by atoms with van der Waals surface area (Å²) in [5, 5.41) is 10.8. The van der Waals surface area contributed by atoms with Gasteiger partial charge in [-0.25, -0.2) is 0 Å². The average Bonchev–Trinajstić information content (AvgIpc) is 2.91. The highest BCUT2D eigenvalue weighted by molar-refractivity contribution is 5.95. The lowest BCUT2D eigenvalue weighted by atomic mass is 10.0. The minimum atomic E-state index is -0.0399. The summed E-state index contributed by atoms with van der Waals surface area (Å²) in [6.45, 7) is 6.73. The lowest BCUT2D eigenvalue weighted by Crippen LogP contribution is -2.41. The van der Waals surface area contributed by atoms with E-state index in [0.717, 1.165) is 11.1 Å². The standard InChI is InChI=1S/C15H20N4O/c1-11(2)14(10-19-9-8-16-18-19)17-15(20)13-7-5-4-6-12(13)3/h4-9,11,14H,10H2,1-3H3,(H,17,20)/t14-/m1/s1. The minimum absolute atomic E-state index is 0.0174. The van der Waals surface area contributed by atoms with Crippen LogP contribution in [0.25, 0.3) is 0 Å². The molecule has 20 heavy (non-hydrogen) atoms. The Morgan fingerprint density at radius 2 is 2.10 bits per heavy atom. The molecule has 0 spiro atoms. The van der Waals surface area contributed by atoms with E-state index in [4.69, 9.17) is 0 Å². The number of benzene rings is 1. The summed E-state index contributed by atoms with van der Waals surface area (Å²) >= 11 is 0. The largest absolute Gasteiger partial charge is 0.347 e.